The van der Waals surface area contributed by atoms with Crippen LogP contribution in [0.25, 0.3) is 0 Å². The van der Waals surface area contributed by atoms with E-state index in [1.807, 2.05) is 0 Å². The molecule has 3 nitrogen and oxygen atoms in total. The van der Waals surface area contributed by atoms with Crippen LogP contribution in [0, 0.1) is 5.92 Å². The second-order valence-corrected chi connectivity index (χ2v) is 3.62. The number of amides is 1. The van der Waals surface area contributed by atoms with Crippen molar-refractivity contribution in [3.63, 3.8) is 0 Å². The molecule has 0 radical (unpaired) electrons. The Labute approximate surface area is 81.3 Å². The van der Waals surface area contributed by atoms with Gasteiger partial charge in [-0.1, -0.05) is 27.2 Å². The van der Waals surface area contributed by atoms with Gasteiger partial charge >= 0.3 is 0 Å². The highest BCUT2D eigenvalue weighted by molar-refractivity contribution is 5.73. The highest BCUT2D eigenvalue weighted by atomic mass is 16.1. The number of rotatable bonds is 7. The van der Waals surface area contributed by atoms with Crippen molar-refractivity contribution >= 4 is 5.91 Å². The number of carbonyl (C=O) groups excluding carboxylic acids is 1. The SMILES string of the molecule is CCC(C)CN(CC)CCC(N)=O. The van der Waals surface area contributed by atoms with Crippen LogP contribution in [0.15, 0.2) is 0 Å². The van der Waals surface area contributed by atoms with E-state index in [4.69, 9.17) is 5.73 Å². The predicted molar refractivity (Wildman–Crippen MR) is 55.4 cm³/mol. The summed E-state index contributed by atoms with van der Waals surface area (Å²) in [6.45, 7) is 9.40. The van der Waals surface area contributed by atoms with Crippen molar-refractivity contribution < 1.29 is 4.79 Å². The van der Waals surface area contributed by atoms with Gasteiger partial charge in [0.1, 0.15) is 0 Å². The summed E-state index contributed by atoms with van der Waals surface area (Å²) in [4.78, 5) is 12.8. The van der Waals surface area contributed by atoms with E-state index in [1.54, 1.807) is 0 Å². The van der Waals surface area contributed by atoms with E-state index < -0.39 is 0 Å². The molecular weight excluding hydrogens is 164 g/mol. The van der Waals surface area contributed by atoms with E-state index in [2.05, 4.69) is 25.7 Å². The Morgan fingerprint density at radius 2 is 2.08 bits per heavy atom. The number of nitrogens with zero attached hydrogens (tertiary/aromatic N) is 1. The molecule has 0 spiro atoms. The molecule has 0 bridgehead atoms. The van der Waals surface area contributed by atoms with Gasteiger partial charge in [0.25, 0.3) is 0 Å². The van der Waals surface area contributed by atoms with Gasteiger partial charge in [0.15, 0.2) is 0 Å². The lowest BCUT2D eigenvalue weighted by Gasteiger charge is -2.22. The topological polar surface area (TPSA) is 46.3 Å². The van der Waals surface area contributed by atoms with Crippen LogP contribution < -0.4 is 5.73 Å². The number of hydrogen-bond acceptors (Lipinski definition) is 2. The van der Waals surface area contributed by atoms with Gasteiger partial charge < -0.3 is 10.6 Å². The summed E-state index contributed by atoms with van der Waals surface area (Å²) in [6, 6.07) is 0. The Bertz CT molecular complexity index is 148. The molecule has 0 aliphatic heterocycles. The summed E-state index contributed by atoms with van der Waals surface area (Å²) >= 11 is 0. The fourth-order valence-corrected chi connectivity index (χ4v) is 1.22. The van der Waals surface area contributed by atoms with Crippen molar-refractivity contribution in [3.8, 4) is 0 Å². The molecule has 0 aromatic heterocycles. The summed E-state index contributed by atoms with van der Waals surface area (Å²) in [5.41, 5.74) is 5.09. The predicted octanol–water partition coefficient (Wildman–Crippen LogP) is 1.23. The second-order valence-electron chi connectivity index (χ2n) is 3.62. The van der Waals surface area contributed by atoms with Crippen molar-refractivity contribution in [3.05, 3.63) is 0 Å². The summed E-state index contributed by atoms with van der Waals surface area (Å²) in [7, 11) is 0. The van der Waals surface area contributed by atoms with Crippen LogP contribution in [-0.4, -0.2) is 30.4 Å². The molecule has 1 unspecified atom stereocenters. The normalized spacial score (nSPS) is 13.2. The van der Waals surface area contributed by atoms with Gasteiger partial charge in [-0.25, -0.2) is 0 Å². The van der Waals surface area contributed by atoms with E-state index >= 15 is 0 Å². The molecule has 0 saturated carbocycles. The van der Waals surface area contributed by atoms with Crippen LogP contribution in [0.1, 0.15) is 33.6 Å². The summed E-state index contributed by atoms with van der Waals surface area (Å²) in [5.74, 6) is 0.496. The molecule has 0 aliphatic carbocycles. The smallest absolute Gasteiger partial charge is 0.218 e. The van der Waals surface area contributed by atoms with Crippen molar-refractivity contribution in [2.45, 2.75) is 33.6 Å². The number of primary amides is 1. The zero-order valence-electron chi connectivity index (χ0n) is 9.05. The number of nitrogens with two attached hydrogens (primary N) is 1. The molecule has 2 N–H and O–H groups in total. The van der Waals surface area contributed by atoms with E-state index in [-0.39, 0.29) is 5.91 Å². The first-order chi connectivity index (χ1) is 6.10. The first kappa shape index (κ1) is 12.4. The van der Waals surface area contributed by atoms with Crippen LogP contribution in [0.3, 0.4) is 0 Å². The van der Waals surface area contributed by atoms with Gasteiger partial charge in [0.2, 0.25) is 5.91 Å². The summed E-state index contributed by atoms with van der Waals surface area (Å²) in [5, 5.41) is 0. The second kappa shape index (κ2) is 6.89. The lowest BCUT2D eigenvalue weighted by atomic mass is 10.1. The van der Waals surface area contributed by atoms with E-state index in [9.17, 15) is 4.79 Å². The third-order valence-corrected chi connectivity index (χ3v) is 2.39. The molecule has 0 rings (SSSR count). The minimum atomic E-state index is -0.206. The highest BCUT2D eigenvalue weighted by Crippen LogP contribution is 2.04. The van der Waals surface area contributed by atoms with Crippen LogP contribution in [0.5, 0.6) is 0 Å². The molecule has 0 fully saturated rings. The van der Waals surface area contributed by atoms with Gasteiger partial charge in [-0.05, 0) is 12.5 Å². The lowest BCUT2D eigenvalue weighted by molar-refractivity contribution is -0.118. The first-order valence-corrected chi connectivity index (χ1v) is 5.10. The van der Waals surface area contributed by atoms with Gasteiger partial charge in [-0.3, -0.25) is 4.79 Å². The van der Waals surface area contributed by atoms with Crippen LogP contribution >= 0.6 is 0 Å². The molecule has 0 aliphatic rings. The largest absolute Gasteiger partial charge is 0.370 e. The van der Waals surface area contributed by atoms with Crippen LogP contribution in [0.4, 0.5) is 0 Å². The molecule has 0 aromatic rings. The summed E-state index contributed by atoms with van der Waals surface area (Å²) < 4.78 is 0. The quantitative estimate of drug-likeness (QED) is 0.650. The van der Waals surface area contributed by atoms with Crippen LogP contribution in [-0.2, 0) is 4.79 Å². The van der Waals surface area contributed by atoms with Gasteiger partial charge in [0, 0.05) is 19.5 Å². The van der Waals surface area contributed by atoms with Crippen LogP contribution in [0.2, 0.25) is 0 Å². The average molecular weight is 186 g/mol. The minimum absolute atomic E-state index is 0.206. The summed E-state index contributed by atoms with van der Waals surface area (Å²) in [6.07, 6.45) is 1.66. The van der Waals surface area contributed by atoms with Crippen molar-refractivity contribution in [1.82, 2.24) is 4.90 Å². The Kier molecular flexibility index (Phi) is 6.59. The molecule has 1 atom stereocenters. The maximum atomic E-state index is 10.6. The molecule has 0 heterocycles. The van der Waals surface area contributed by atoms with Crippen molar-refractivity contribution in [1.29, 1.82) is 0 Å². The molecule has 13 heavy (non-hydrogen) atoms. The fourth-order valence-electron chi connectivity index (χ4n) is 1.22. The Morgan fingerprint density at radius 3 is 2.46 bits per heavy atom. The fraction of sp³-hybridized carbons (Fsp3) is 0.900. The zero-order valence-corrected chi connectivity index (χ0v) is 9.05. The van der Waals surface area contributed by atoms with Crippen molar-refractivity contribution in [2.24, 2.45) is 11.7 Å². The first-order valence-electron chi connectivity index (χ1n) is 5.10. The van der Waals surface area contributed by atoms with Crippen molar-refractivity contribution in [2.75, 3.05) is 19.6 Å². The Morgan fingerprint density at radius 1 is 1.46 bits per heavy atom. The number of carbonyl (C=O) groups is 1. The number of hydrogen-bond donors (Lipinski definition) is 1. The Balaban J connectivity index is 3.68. The van der Waals surface area contributed by atoms with Gasteiger partial charge in [-0.15, -0.1) is 0 Å². The third-order valence-electron chi connectivity index (χ3n) is 2.39. The van der Waals surface area contributed by atoms with E-state index in [0.717, 1.165) is 19.6 Å². The minimum Gasteiger partial charge on any atom is -0.370 e. The molecule has 78 valence electrons. The maximum Gasteiger partial charge on any atom is 0.218 e. The molecule has 1 amide bonds. The highest BCUT2D eigenvalue weighted by Gasteiger charge is 2.07. The maximum absolute atomic E-state index is 10.6. The van der Waals surface area contributed by atoms with E-state index in [0.29, 0.717) is 12.3 Å². The standard InChI is InChI=1S/C10H22N2O/c1-4-9(3)8-12(5-2)7-6-10(11)13/h9H,4-8H2,1-3H3,(H2,11,13). The van der Waals surface area contributed by atoms with Gasteiger partial charge in [-0.2, -0.15) is 0 Å². The molecule has 0 saturated heterocycles. The zero-order chi connectivity index (χ0) is 10.3. The van der Waals surface area contributed by atoms with Gasteiger partial charge in [0.05, 0.1) is 0 Å². The molecule has 3 heteroatoms. The third kappa shape index (κ3) is 6.58. The molecule has 0 aromatic carbocycles. The Hall–Kier alpha value is -0.570. The van der Waals surface area contributed by atoms with E-state index in [1.165, 1.54) is 6.42 Å². The molecular formula is C10H22N2O. The monoisotopic (exact) mass is 186 g/mol. The lowest BCUT2D eigenvalue weighted by Crippen LogP contribution is -2.31. The average Bonchev–Trinajstić information content (AvgIpc) is 2.11.